The molecular formula is C7H10N2O4. The van der Waals surface area contributed by atoms with Gasteiger partial charge in [-0.3, -0.25) is 14.4 Å². The van der Waals surface area contributed by atoms with E-state index in [0.29, 0.717) is 0 Å². The number of carboxylic acid groups (broad SMARTS) is 1. The van der Waals surface area contributed by atoms with Crippen LogP contribution in [0.25, 0.3) is 0 Å². The number of rotatable bonds is 2. The number of hydrogen-bond donors (Lipinski definition) is 3. The molecule has 0 saturated carbocycles. The van der Waals surface area contributed by atoms with Crippen LogP contribution in [0.15, 0.2) is 0 Å². The lowest BCUT2D eigenvalue weighted by Gasteiger charge is -2.12. The van der Waals surface area contributed by atoms with Crippen LogP contribution in [0, 0.1) is 5.92 Å². The Labute approximate surface area is 74.3 Å². The molecule has 0 spiro atoms. The summed E-state index contributed by atoms with van der Waals surface area (Å²) in [6.07, 6.45) is 0. The van der Waals surface area contributed by atoms with E-state index in [4.69, 9.17) is 5.11 Å². The highest BCUT2D eigenvalue weighted by atomic mass is 16.4. The second-order valence-electron chi connectivity index (χ2n) is 2.87. The Morgan fingerprint density at radius 3 is 2.69 bits per heavy atom. The van der Waals surface area contributed by atoms with Gasteiger partial charge in [0.05, 0.1) is 0 Å². The zero-order valence-electron chi connectivity index (χ0n) is 7.03. The molecule has 0 radical (unpaired) electrons. The van der Waals surface area contributed by atoms with Gasteiger partial charge >= 0.3 is 5.97 Å². The fraction of sp³-hybridized carbons (Fsp3) is 0.571. The molecule has 1 fully saturated rings. The Morgan fingerprint density at radius 1 is 1.62 bits per heavy atom. The molecule has 2 atom stereocenters. The lowest BCUT2D eigenvalue weighted by Crippen LogP contribution is -2.44. The summed E-state index contributed by atoms with van der Waals surface area (Å²) in [5.41, 5.74) is 0. The van der Waals surface area contributed by atoms with Crippen LogP contribution in [0.1, 0.15) is 6.92 Å². The molecule has 6 nitrogen and oxygen atoms in total. The van der Waals surface area contributed by atoms with Crippen LogP contribution in [0.5, 0.6) is 0 Å². The van der Waals surface area contributed by atoms with E-state index in [1.54, 1.807) is 0 Å². The predicted octanol–water partition coefficient (Wildman–Crippen LogP) is -1.68. The quantitative estimate of drug-likeness (QED) is 0.480. The van der Waals surface area contributed by atoms with Gasteiger partial charge in [0.15, 0.2) is 0 Å². The van der Waals surface area contributed by atoms with Gasteiger partial charge in [0.25, 0.3) is 0 Å². The van der Waals surface area contributed by atoms with Gasteiger partial charge in [0, 0.05) is 13.5 Å². The second kappa shape index (κ2) is 3.42. The summed E-state index contributed by atoms with van der Waals surface area (Å²) < 4.78 is 0. The van der Waals surface area contributed by atoms with E-state index in [1.807, 2.05) is 0 Å². The number of carbonyl (C=O) groups is 3. The van der Waals surface area contributed by atoms with Crippen molar-refractivity contribution in [2.45, 2.75) is 13.0 Å². The molecule has 0 bridgehead atoms. The van der Waals surface area contributed by atoms with Gasteiger partial charge in [-0.15, -0.1) is 0 Å². The molecule has 0 aromatic carbocycles. The topological polar surface area (TPSA) is 95.5 Å². The van der Waals surface area contributed by atoms with E-state index in [9.17, 15) is 14.4 Å². The van der Waals surface area contributed by atoms with E-state index in [-0.39, 0.29) is 6.54 Å². The second-order valence-corrected chi connectivity index (χ2v) is 2.87. The average Bonchev–Trinajstić information content (AvgIpc) is 2.32. The van der Waals surface area contributed by atoms with Crippen LogP contribution < -0.4 is 10.6 Å². The summed E-state index contributed by atoms with van der Waals surface area (Å²) in [6.45, 7) is 1.31. The molecule has 1 heterocycles. The number of hydrogen-bond acceptors (Lipinski definition) is 3. The Kier molecular flexibility index (Phi) is 2.50. The maximum Gasteiger partial charge on any atom is 0.310 e. The highest BCUT2D eigenvalue weighted by Gasteiger charge is 2.39. The van der Waals surface area contributed by atoms with Gasteiger partial charge in [-0.05, 0) is 0 Å². The van der Waals surface area contributed by atoms with Crippen molar-refractivity contribution in [3.8, 4) is 0 Å². The molecule has 1 aliphatic heterocycles. The highest BCUT2D eigenvalue weighted by Crippen LogP contribution is 2.10. The largest absolute Gasteiger partial charge is 0.481 e. The van der Waals surface area contributed by atoms with Gasteiger partial charge < -0.3 is 15.7 Å². The first-order valence-corrected chi connectivity index (χ1v) is 3.80. The van der Waals surface area contributed by atoms with Crippen LogP contribution in [0.4, 0.5) is 0 Å². The van der Waals surface area contributed by atoms with Crippen molar-refractivity contribution in [1.82, 2.24) is 10.6 Å². The fourth-order valence-corrected chi connectivity index (χ4v) is 1.24. The minimum atomic E-state index is -1.09. The third-order valence-electron chi connectivity index (χ3n) is 1.86. The normalized spacial score (nSPS) is 26.7. The molecule has 0 aromatic heterocycles. The summed E-state index contributed by atoms with van der Waals surface area (Å²) >= 11 is 0. The SMILES string of the molecule is CC(=O)N[C@@H]1C(=O)NC[C@H]1C(=O)O. The Balaban J connectivity index is 2.71. The van der Waals surface area contributed by atoms with Crippen LogP contribution >= 0.6 is 0 Å². The minimum Gasteiger partial charge on any atom is -0.481 e. The summed E-state index contributed by atoms with van der Waals surface area (Å²) in [4.78, 5) is 32.3. The zero-order chi connectivity index (χ0) is 10.0. The minimum absolute atomic E-state index is 0.0686. The third-order valence-corrected chi connectivity index (χ3v) is 1.86. The van der Waals surface area contributed by atoms with E-state index >= 15 is 0 Å². The van der Waals surface area contributed by atoms with Gasteiger partial charge in [-0.1, -0.05) is 0 Å². The number of aliphatic carboxylic acids is 1. The van der Waals surface area contributed by atoms with Gasteiger partial charge in [-0.25, -0.2) is 0 Å². The average molecular weight is 186 g/mol. The van der Waals surface area contributed by atoms with E-state index in [1.165, 1.54) is 6.92 Å². The van der Waals surface area contributed by atoms with Crippen molar-refractivity contribution in [3.63, 3.8) is 0 Å². The number of carbonyl (C=O) groups excluding carboxylic acids is 2. The van der Waals surface area contributed by atoms with Crippen molar-refractivity contribution in [1.29, 1.82) is 0 Å². The standard InChI is InChI=1S/C7H10N2O4/c1-3(10)9-5-4(7(12)13)2-8-6(5)11/h4-5H,2H2,1H3,(H,8,11)(H,9,10)(H,12,13)/t4-,5+/m1/s1. The highest BCUT2D eigenvalue weighted by molar-refractivity contribution is 5.94. The maximum atomic E-state index is 11.0. The Bertz CT molecular complexity index is 263. The van der Waals surface area contributed by atoms with Crippen molar-refractivity contribution in [2.75, 3.05) is 6.54 Å². The van der Waals surface area contributed by atoms with E-state index < -0.39 is 29.7 Å². The van der Waals surface area contributed by atoms with Crippen molar-refractivity contribution in [2.24, 2.45) is 5.92 Å². The number of carboxylic acids is 1. The monoisotopic (exact) mass is 186 g/mol. The molecule has 1 saturated heterocycles. The number of nitrogens with one attached hydrogen (secondary N) is 2. The predicted molar refractivity (Wildman–Crippen MR) is 41.7 cm³/mol. The first-order valence-electron chi connectivity index (χ1n) is 3.80. The molecule has 2 amide bonds. The molecule has 0 unspecified atom stereocenters. The van der Waals surface area contributed by atoms with Gasteiger partial charge in [0.2, 0.25) is 11.8 Å². The van der Waals surface area contributed by atoms with Gasteiger partial charge in [-0.2, -0.15) is 0 Å². The van der Waals surface area contributed by atoms with Crippen molar-refractivity contribution >= 4 is 17.8 Å². The lowest BCUT2D eigenvalue weighted by atomic mass is 10.0. The van der Waals surface area contributed by atoms with Gasteiger partial charge in [0.1, 0.15) is 12.0 Å². The molecule has 6 heteroatoms. The Morgan fingerprint density at radius 2 is 2.23 bits per heavy atom. The summed E-state index contributed by atoms with van der Waals surface area (Å²) in [6, 6.07) is -0.935. The first kappa shape index (κ1) is 9.50. The maximum absolute atomic E-state index is 11.0. The lowest BCUT2D eigenvalue weighted by molar-refractivity contribution is -0.143. The summed E-state index contributed by atoms with van der Waals surface area (Å²) in [5, 5.41) is 13.3. The molecule has 1 rings (SSSR count). The molecular weight excluding hydrogens is 176 g/mol. The molecule has 72 valence electrons. The molecule has 3 N–H and O–H groups in total. The van der Waals surface area contributed by atoms with Crippen molar-refractivity contribution in [3.05, 3.63) is 0 Å². The van der Waals surface area contributed by atoms with E-state index in [2.05, 4.69) is 10.6 Å². The molecule has 1 aliphatic rings. The fourth-order valence-electron chi connectivity index (χ4n) is 1.24. The molecule has 0 aromatic rings. The van der Waals surface area contributed by atoms with E-state index in [0.717, 1.165) is 0 Å². The molecule has 0 aliphatic carbocycles. The smallest absolute Gasteiger partial charge is 0.310 e. The molecule has 13 heavy (non-hydrogen) atoms. The summed E-state index contributed by atoms with van der Waals surface area (Å²) in [7, 11) is 0. The van der Waals surface area contributed by atoms with Crippen LogP contribution in [0.2, 0.25) is 0 Å². The zero-order valence-corrected chi connectivity index (χ0v) is 7.03. The first-order chi connectivity index (χ1) is 6.02. The van der Waals surface area contributed by atoms with Crippen LogP contribution in [-0.4, -0.2) is 35.5 Å². The van der Waals surface area contributed by atoms with Crippen LogP contribution in [-0.2, 0) is 14.4 Å². The van der Waals surface area contributed by atoms with Crippen molar-refractivity contribution < 1.29 is 19.5 Å². The summed E-state index contributed by atoms with van der Waals surface area (Å²) in [5.74, 6) is -2.80. The Hall–Kier alpha value is -1.59. The van der Waals surface area contributed by atoms with Crippen LogP contribution in [0.3, 0.4) is 0 Å². The number of amides is 2. The third kappa shape index (κ3) is 1.95.